The minimum atomic E-state index is 0.0218. The van der Waals surface area contributed by atoms with E-state index >= 15 is 0 Å². The van der Waals surface area contributed by atoms with Gasteiger partial charge in [-0.3, -0.25) is 9.59 Å². The number of hydrogen-bond donors (Lipinski definition) is 2. The van der Waals surface area contributed by atoms with Gasteiger partial charge in [0, 0.05) is 32.7 Å². The van der Waals surface area contributed by atoms with Crippen LogP contribution in [0.15, 0.2) is 24.3 Å². The first-order valence-electron chi connectivity index (χ1n) is 7.29. The molecule has 1 saturated heterocycles. The van der Waals surface area contributed by atoms with Crippen molar-refractivity contribution >= 4 is 17.5 Å². The molecule has 0 aliphatic carbocycles. The number of rotatable bonds is 4. The summed E-state index contributed by atoms with van der Waals surface area (Å²) in [7, 11) is 1.76. The molecule has 21 heavy (non-hydrogen) atoms. The lowest BCUT2D eigenvalue weighted by atomic mass is 9.97. The quantitative estimate of drug-likeness (QED) is 0.882. The summed E-state index contributed by atoms with van der Waals surface area (Å²) >= 11 is 0. The molecule has 1 fully saturated rings. The summed E-state index contributed by atoms with van der Waals surface area (Å²) in [6.07, 6.45) is 0. The van der Waals surface area contributed by atoms with Crippen molar-refractivity contribution in [1.29, 1.82) is 0 Å². The van der Waals surface area contributed by atoms with E-state index in [4.69, 9.17) is 0 Å². The Morgan fingerprint density at radius 2 is 2.14 bits per heavy atom. The molecule has 2 rings (SSSR count). The summed E-state index contributed by atoms with van der Waals surface area (Å²) in [4.78, 5) is 25.2. The molecule has 1 aliphatic heterocycles. The third-order valence-corrected chi connectivity index (χ3v) is 4.01. The number of anilines is 1. The Morgan fingerprint density at radius 1 is 1.38 bits per heavy atom. The Bertz CT molecular complexity index is 530. The van der Waals surface area contributed by atoms with Crippen LogP contribution in [0.25, 0.3) is 0 Å². The Labute approximate surface area is 125 Å². The number of nitrogens with one attached hydrogen (secondary N) is 2. The first-order chi connectivity index (χ1) is 9.97. The van der Waals surface area contributed by atoms with Gasteiger partial charge in [0.2, 0.25) is 11.8 Å². The Balaban J connectivity index is 2.00. The Kier molecular flexibility index (Phi) is 4.96. The molecular weight excluding hydrogens is 266 g/mol. The van der Waals surface area contributed by atoms with Crippen LogP contribution in [-0.2, 0) is 16.1 Å². The van der Waals surface area contributed by atoms with Crippen molar-refractivity contribution in [2.75, 3.05) is 25.5 Å². The molecule has 0 aromatic heterocycles. The largest absolute Gasteiger partial charge is 0.342 e. The van der Waals surface area contributed by atoms with Crippen LogP contribution in [-0.4, -0.2) is 36.9 Å². The van der Waals surface area contributed by atoms with Crippen molar-refractivity contribution in [3.8, 4) is 0 Å². The van der Waals surface area contributed by atoms with Crippen LogP contribution in [0, 0.1) is 11.8 Å². The molecule has 2 N–H and O–H groups in total. The number of carbonyl (C=O) groups is 2. The molecule has 0 spiro atoms. The molecule has 114 valence electrons. The number of amides is 2. The van der Waals surface area contributed by atoms with E-state index in [1.165, 1.54) is 0 Å². The topological polar surface area (TPSA) is 61.4 Å². The highest BCUT2D eigenvalue weighted by molar-refractivity contribution is 5.93. The van der Waals surface area contributed by atoms with E-state index in [0.29, 0.717) is 12.5 Å². The van der Waals surface area contributed by atoms with Gasteiger partial charge in [-0.05, 0) is 30.2 Å². The summed E-state index contributed by atoms with van der Waals surface area (Å²) in [5.74, 6) is 0.463. The molecule has 2 amide bonds. The zero-order valence-electron chi connectivity index (χ0n) is 12.8. The van der Waals surface area contributed by atoms with Crippen molar-refractivity contribution in [2.24, 2.45) is 11.8 Å². The van der Waals surface area contributed by atoms with E-state index in [0.717, 1.165) is 24.3 Å². The van der Waals surface area contributed by atoms with Gasteiger partial charge in [-0.15, -0.1) is 0 Å². The molecule has 0 radical (unpaired) electrons. The summed E-state index contributed by atoms with van der Waals surface area (Å²) in [6, 6.07) is 7.65. The summed E-state index contributed by atoms with van der Waals surface area (Å²) in [5.41, 5.74) is 1.79. The van der Waals surface area contributed by atoms with Crippen LogP contribution >= 0.6 is 0 Å². The van der Waals surface area contributed by atoms with Crippen molar-refractivity contribution in [2.45, 2.75) is 20.4 Å². The standard InChI is InChI=1S/C16H23N3O2/c1-11-8-17-9-15(11)16(21)18-14-6-4-5-13(7-14)10-19(3)12(2)20/h4-7,11,15,17H,8-10H2,1-3H3,(H,18,21)/t11-,15-/m1/s1. The van der Waals surface area contributed by atoms with Gasteiger partial charge in [-0.25, -0.2) is 0 Å². The third kappa shape index (κ3) is 4.04. The van der Waals surface area contributed by atoms with Crippen LogP contribution in [0.3, 0.4) is 0 Å². The number of hydrogen-bond acceptors (Lipinski definition) is 3. The van der Waals surface area contributed by atoms with Crippen LogP contribution in [0.1, 0.15) is 19.4 Å². The Hall–Kier alpha value is -1.88. The lowest BCUT2D eigenvalue weighted by molar-refractivity contribution is -0.128. The van der Waals surface area contributed by atoms with Crippen LogP contribution < -0.4 is 10.6 Å². The van der Waals surface area contributed by atoms with E-state index in [1.807, 2.05) is 24.3 Å². The third-order valence-electron chi connectivity index (χ3n) is 4.01. The first kappa shape index (κ1) is 15.5. The smallest absolute Gasteiger partial charge is 0.229 e. The van der Waals surface area contributed by atoms with Gasteiger partial charge in [0.25, 0.3) is 0 Å². The highest BCUT2D eigenvalue weighted by atomic mass is 16.2. The zero-order valence-corrected chi connectivity index (χ0v) is 12.8. The van der Waals surface area contributed by atoms with E-state index in [2.05, 4.69) is 17.6 Å². The van der Waals surface area contributed by atoms with Crippen molar-refractivity contribution < 1.29 is 9.59 Å². The van der Waals surface area contributed by atoms with Crippen molar-refractivity contribution in [3.05, 3.63) is 29.8 Å². The summed E-state index contributed by atoms with van der Waals surface area (Å²) in [6.45, 7) is 5.80. The van der Waals surface area contributed by atoms with Crippen LogP contribution in [0.2, 0.25) is 0 Å². The second kappa shape index (κ2) is 6.72. The van der Waals surface area contributed by atoms with Gasteiger partial charge in [-0.1, -0.05) is 19.1 Å². The maximum absolute atomic E-state index is 12.3. The van der Waals surface area contributed by atoms with E-state index in [-0.39, 0.29) is 17.7 Å². The Morgan fingerprint density at radius 3 is 2.76 bits per heavy atom. The minimum absolute atomic E-state index is 0.0218. The minimum Gasteiger partial charge on any atom is -0.342 e. The second-order valence-corrected chi connectivity index (χ2v) is 5.81. The number of benzene rings is 1. The van der Waals surface area contributed by atoms with Crippen molar-refractivity contribution in [3.63, 3.8) is 0 Å². The van der Waals surface area contributed by atoms with Gasteiger partial charge in [0.1, 0.15) is 0 Å². The molecule has 0 saturated carbocycles. The molecule has 5 nitrogen and oxygen atoms in total. The van der Waals surface area contributed by atoms with Gasteiger partial charge >= 0.3 is 0 Å². The average molecular weight is 289 g/mol. The predicted octanol–water partition coefficient (Wildman–Crippen LogP) is 1.46. The monoisotopic (exact) mass is 289 g/mol. The number of carbonyl (C=O) groups excluding carboxylic acids is 2. The highest BCUT2D eigenvalue weighted by Crippen LogP contribution is 2.19. The lowest BCUT2D eigenvalue weighted by Crippen LogP contribution is -2.28. The summed E-state index contributed by atoms with van der Waals surface area (Å²) in [5, 5.41) is 6.21. The maximum atomic E-state index is 12.3. The summed E-state index contributed by atoms with van der Waals surface area (Å²) < 4.78 is 0. The van der Waals surface area contributed by atoms with Gasteiger partial charge < -0.3 is 15.5 Å². The highest BCUT2D eigenvalue weighted by Gasteiger charge is 2.29. The molecular formula is C16H23N3O2. The van der Waals surface area contributed by atoms with Gasteiger partial charge in [-0.2, -0.15) is 0 Å². The maximum Gasteiger partial charge on any atom is 0.229 e. The van der Waals surface area contributed by atoms with E-state index in [1.54, 1.807) is 18.9 Å². The SMILES string of the molecule is CC(=O)N(C)Cc1cccc(NC(=O)[C@@H]2CNC[C@H]2C)c1. The molecule has 0 bridgehead atoms. The fraction of sp³-hybridized carbons (Fsp3) is 0.500. The molecule has 0 unspecified atom stereocenters. The zero-order chi connectivity index (χ0) is 15.4. The molecule has 2 atom stereocenters. The molecule has 5 heteroatoms. The van der Waals surface area contributed by atoms with E-state index < -0.39 is 0 Å². The lowest BCUT2D eigenvalue weighted by Gasteiger charge is -2.17. The number of nitrogens with zero attached hydrogens (tertiary/aromatic N) is 1. The van der Waals surface area contributed by atoms with Gasteiger partial charge in [0.05, 0.1) is 5.92 Å². The van der Waals surface area contributed by atoms with Crippen LogP contribution in [0.4, 0.5) is 5.69 Å². The second-order valence-electron chi connectivity index (χ2n) is 5.81. The van der Waals surface area contributed by atoms with Gasteiger partial charge in [0.15, 0.2) is 0 Å². The van der Waals surface area contributed by atoms with E-state index in [9.17, 15) is 9.59 Å². The van der Waals surface area contributed by atoms with Crippen LogP contribution in [0.5, 0.6) is 0 Å². The molecule has 1 aliphatic rings. The first-order valence-corrected chi connectivity index (χ1v) is 7.29. The predicted molar refractivity (Wildman–Crippen MR) is 82.7 cm³/mol. The fourth-order valence-electron chi connectivity index (χ4n) is 2.53. The fourth-order valence-corrected chi connectivity index (χ4v) is 2.53. The molecule has 1 aromatic carbocycles. The molecule has 1 heterocycles. The molecule has 1 aromatic rings. The van der Waals surface area contributed by atoms with Crippen molar-refractivity contribution in [1.82, 2.24) is 10.2 Å². The average Bonchev–Trinajstić information content (AvgIpc) is 2.85. The normalized spacial score (nSPS) is 21.1.